The third-order valence-corrected chi connectivity index (χ3v) is 16.2. The van der Waals surface area contributed by atoms with Crippen molar-refractivity contribution in [2.24, 2.45) is 11.3 Å². The molecule has 414 valence electrons. The van der Waals surface area contributed by atoms with E-state index in [2.05, 4.69) is 48.3 Å². The number of aliphatic hydroxyl groups is 2. The highest BCUT2D eigenvalue weighted by molar-refractivity contribution is 8.13. The second kappa shape index (κ2) is 32.2. The molecule has 1 aliphatic heterocycles. The van der Waals surface area contributed by atoms with Crippen LogP contribution in [0.1, 0.15) is 162 Å². The molecule has 1 saturated heterocycles. The number of carbonyl (C=O) groups excluding carboxylic acids is 3. The highest BCUT2D eigenvalue weighted by Crippen LogP contribution is 2.61. The smallest absolute Gasteiger partial charge is 0.386 e. The number of ether oxygens (including phenoxy) is 1. The number of unbranched alkanes of at least 4 members (excludes halogenated alkanes) is 14. The Morgan fingerprint density at radius 2 is 1.42 bits per heavy atom. The number of nitrogens with zero attached hydrogens (tertiary/aromatic N) is 4. The summed E-state index contributed by atoms with van der Waals surface area (Å²) in [6.45, 7) is 5.25. The molecule has 10 N–H and O–H groups in total. The highest BCUT2D eigenvalue weighted by atomic mass is 32.2. The number of nitrogen functional groups attached to an aromatic ring is 1. The summed E-state index contributed by atoms with van der Waals surface area (Å²) in [4.78, 5) is 88.6. The van der Waals surface area contributed by atoms with Gasteiger partial charge >= 0.3 is 23.5 Å². The van der Waals surface area contributed by atoms with E-state index in [4.69, 9.17) is 19.5 Å². The van der Waals surface area contributed by atoms with Crippen LogP contribution in [0.4, 0.5) is 5.82 Å². The average molecular weight is 1100 g/mol. The maximum Gasteiger partial charge on any atom is 0.481 e. The standard InChI is InChI=1S/C44H80N7O17P3S/c1-5-6-7-15-18-21-32(2)22-19-16-13-11-9-8-10-12-14-17-20-23-35(53)72-27-26-46-34(52)24-25-47-42(56)39(55)44(3,4)29-65-71(62,63)68-70(60,61)64-28-33-38(67-69(57,58)59)37(54)43(66-33)51-31-50-36-40(45)48-30-49-41(36)51/h30-33,37-39,43,54-55H,5-29H2,1-4H3,(H,46,52)(H,47,56)(H,60,61)(H,62,63)(H2,45,48,49)(H2,57,58,59). The molecule has 28 heteroatoms. The number of aliphatic hydroxyl groups excluding tert-OH is 2. The second-order valence-corrected chi connectivity index (χ2v) is 24.4. The maximum absolute atomic E-state index is 12.8. The molecule has 0 aliphatic carbocycles. The van der Waals surface area contributed by atoms with E-state index >= 15 is 0 Å². The molecule has 0 saturated carbocycles. The summed E-state index contributed by atoms with van der Waals surface area (Å²) in [5, 5.41) is 26.7. The fraction of sp³-hybridized carbons (Fsp3) is 0.818. The number of hydrogen-bond donors (Lipinski definition) is 9. The summed E-state index contributed by atoms with van der Waals surface area (Å²) in [5.41, 5.74) is 4.30. The molecule has 0 aromatic carbocycles. The van der Waals surface area contributed by atoms with Gasteiger partial charge in [0.1, 0.15) is 36.3 Å². The Morgan fingerprint density at radius 3 is 2.03 bits per heavy atom. The first-order valence-electron chi connectivity index (χ1n) is 25.0. The van der Waals surface area contributed by atoms with Gasteiger partial charge in [-0.1, -0.05) is 149 Å². The van der Waals surface area contributed by atoms with Crippen molar-refractivity contribution in [3.05, 3.63) is 12.7 Å². The number of phosphoric ester groups is 3. The topological polar surface area (TPSA) is 364 Å². The van der Waals surface area contributed by atoms with E-state index in [0.29, 0.717) is 12.2 Å². The molecule has 24 nitrogen and oxygen atoms in total. The molecule has 3 rings (SSSR count). The molecule has 8 unspecified atom stereocenters. The molecule has 0 spiro atoms. The highest BCUT2D eigenvalue weighted by Gasteiger charge is 2.50. The van der Waals surface area contributed by atoms with Crippen LogP contribution in [0.2, 0.25) is 0 Å². The Kier molecular flexibility index (Phi) is 28.6. The number of rotatable bonds is 39. The largest absolute Gasteiger partial charge is 0.481 e. The van der Waals surface area contributed by atoms with Gasteiger partial charge in [0.2, 0.25) is 11.8 Å². The number of thioether (sulfide) groups is 1. The van der Waals surface area contributed by atoms with Gasteiger partial charge in [-0.3, -0.25) is 32.5 Å². The van der Waals surface area contributed by atoms with Crippen LogP contribution >= 0.6 is 35.2 Å². The van der Waals surface area contributed by atoms with Crippen molar-refractivity contribution in [1.82, 2.24) is 30.2 Å². The Balaban J connectivity index is 1.24. The molecular formula is C44H80N7O17P3S. The predicted octanol–water partition coefficient (Wildman–Crippen LogP) is 6.73. The fourth-order valence-corrected chi connectivity index (χ4v) is 11.5. The Labute approximate surface area is 426 Å². The zero-order valence-electron chi connectivity index (χ0n) is 42.1. The zero-order chi connectivity index (χ0) is 53.4. The van der Waals surface area contributed by atoms with Crippen LogP contribution in [0.25, 0.3) is 11.2 Å². The Hall–Kier alpha value is -2.44. The van der Waals surface area contributed by atoms with Gasteiger partial charge in [0.25, 0.3) is 0 Å². The van der Waals surface area contributed by atoms with Gasteiger partial charge < -0.3 is 50.9 Å². The number of imidazole rings is 1. The van der Waals surface area contributed by atoms with E-state index in [-0.39, 0.29) is 41.6 Å². The minimum Gasteiger partial charge on any atom is -0.386 e. The lowest BCUT2D eigenvalue weighted by atomic mass is 9.87. The number of aromatic nitrogens is 4. The van der Waals surface area contributed by atoms with Crippen molar-refractivity contribution in [3.8, 4) is 0 Å². The van der Waals surface area contributed by atoms with Crippen molar-refractivity contribution in [2.75, 3.05) is 37.8 Å². The molecule has 2 aromatic rings. The van der Waals surface area contributed by atoms with E-state index in [0.717, 1.165) is 54.2 Å². The van der Waals surface area contributed by atoms with Gasteiger partial charge in [-0.05, 0) is 12.3 Å². The van der Waals surface area contributed by atoms with Crippen molar-refractivity contribution in [2.45, 2.75) is 187 Å². The van der Waals surface area contributed by atoms with Crippen LogP contribution in [0, 0.1) is 11.3 Å². The Bertz CT molecular complexity index is 2100. The summed E-state index contributed by atoms with van der Waals surface area (Å²) in [7, 11) is -16.4. The van der Waals surface area contributed by atoms with E-state index < -0.39 is 84.6 Å². The second-order valence-electron chi connectivity index (χ2n) is 19.0. The van der Waals surface area contributed by atoms with E-state index in [1.54, 1.807) is 0 Å². The van der Waals surface area contributed by atoms with Gasteiger partial charge in [-0.15, -0.1) is 0 Å². The number of phosphoric acid groups is 3. The van der Waals surface area contributed by atoms with Gasteiger partial charge in [0.05, 0.1) is 19.5 Å². The van der Waals surface area contributed by atoms with Crippen LogP contribution in [-0.4, -0.2) is 123 Å². The number of carbonyl (C=O) groups is 3. The third kappa shape index (κ3) is 24.5. The molecule has 72 heavy (non-hydrogen) atoms. The number of amides is 2. The monoisotopic (exact) mass is 1100 g/mol. The summed E-state index contributed by atoms with van der Waals surface area (Å²) >= 11 is 1.16. The van der Waals surface area contributed by atoms with Crippen molar-refractivity contribution < 1.29 is 80.5 Å². The number of hydrogen-bond acceptors (Lipinski definition) is 18. The van der Waals surface area contributed by atoms with Crippen molar-refractivity contribution in [3.63, 3.8) is 0 Å². The van der Waals surface area contributed by atoms with Gasteiger partial charge in [-0.25, -0.2) is 28.6 Å². The van der Waals surface area contributed by atoms with E-state index in [1.807, 2.05) is 0 Å². The molecular weight excluding hydrogens is 1020 g/mol. The molecule has 2 aromatic heterocycles. The van der Waals surface area contributed by atoms with Gasteiger partial charge in [0.15, 0.2) is 22.8 Å². The molecule has 0 bridgehead atoms. The number of fused-ring (bicyclic) bond motifs is 1. The average Bonchev–Trinajstić information content (AvgIpc) is 3.87. The first-order chi connectivity index (χ1) is 33.9. The predicted molar refractivity (Wildman–Crippen MR) is 270 cm³/mol. The number of nitrogens with one attached hydrogen (secondary N) is 2. The minimum absolute atomic E-state index is 0.0343. The van der Waals surface area contributed by atoms with Gasteiger partial charge in [-0.2, -0.15) is 4.31 Å². The van der Waals surface area contributed by atoms with Gasteiger partial charge in [0, 0.05) is 37.1 Å². The van der Waals surface area contributed by atoms with Crippen molar-refractivity contribution >= 4 is 69.1 Å². The van der Waals surface area contributed by atoms with E-state index in [9.17, 15) is 57.9 Å². The van der Waals surface area contributed by atoms with Crippen LogP contribution < -0.4 is 16.4 Å². The first-order valence-corrected chi connectivity index (χ1v) is 30.5. The quantitative estimate of drug-likeness (QED) is 0.0247. The summed E-state index contributed by atoms with van der Waals surface area (Å²) in [6, 6.07) is 0. The molecule has 8 atom stereocenters. The molecule has 0 radical (unpaired) electrons. The van der Waals surface area contributed by atoms with Crippen LogP contribution in [0.3, 0.4) is 0 Å². The van der Waals surface area contributed by atoms with Crippen molar-refractivity contribution in [1.29, 1.82) is 0 Å². The molecule has 3 heterocycles. The summed E-state index contributed by atoms with van der Waals surface area (Å²) in [5.74, 6) is -0.156. The first kappa shape index (κ1) is 63.8. The van der Waals surface area contributed by atoms with Crippen LogP contribution in [0.15, 0.2) is 12.7 Å². The lowest BCUT2D eigenvalue weighted by Gasteiger charge is -2.30. The fourth-order valence-electron chi connectivity index (χ4n) is 7.96. The molecule has 1 fully saturated rings. The SMILES string of the molecule is CCCCCCCC(C)CCCCCCCCCCCCCC(=O)SCCNC(=O)CCNC(=O)C(O)C(C)(C)COP(=O)(O)OP(=O)(O)OCC1OC(n2cnc3c(N)ncnc32)C(O)C1OP(=O)(O)O. The van der Waals surface area contributed by atoms with E-state index in [1.165, 1.54) is 110 Å². The minimum atomic E-state index is -5.58. The Morgan fingerprint density at radius 1 is 0.833 bits per heavy atom. The molecule has 1 aliphatic rings. The lowest BCUT2D eigenvalue weighted by molar-refractivity contribution is -0.137. The molecule has 2 amide bonds. The van der Waals surface area contributed by atoms with Crippen LogP contribution in [0.5, 0.6) is 0 Å². The third-order valence-electron chi connectivity index (χ3n) is 12.1. The lowest BCUT2D eigenvalue weighted by Crippen LogP contribution is -2.46. The summed E-state index contributed by atoms with van der Waals surface area (Å²) < 4.78 is 62.5. The number of nitrogens with two attached hydrogens (primary N) is 1. The maximum atomic E-state index is 12.8. The number of anilines is 1. The zero-order valence-corrected chi connectivity index (χ0v) is 45.6. The normalized spacial score (nSPS) is 20.0. The summed E-state index contributed by atoms with van der Waals surface area (Å²) in [6.07, 6.45) is 16.5. The van der Waals surface area contributed by atoms with Crippen LogP contribution in [-0.2, 0) is 50.7 Å².